The molecule has 0 saturated carbocycles. The molecular weight excluding hydrogens is 356 g/mol. The van der Waals surface area contributed by atoms with E-state index >= 15 is 0 Å². The van der Waals surface area contributed by atoms with Crippen molar-refractivity contribution in [2.75, 3.05) is 53.4 Å². The highest BCUT2D eigenvalue weighted by Gasteiger charge is 2.31. The molecule has 3 aliphatic heterocycles. The van der Waals surface area contributed by atoms with Gasteiger partial charge < -0.3 is 20.1 Å². The van der Waals surface area contributed by atoms with Crippen LogP contribution in [-0.2, 0) is 6.54 Å². The minimum absolute atomic E-state index is 0.122. The van der Waals surface area contributed by atoms with Crippen molar-refractivity contribution < 1.29 is 18.3 Å². The third kappa shape index (κ3) is 5.20. The van der Waals surface area contributed by atoms with Crippen molar-refractivity contribution in [2.45, 2.75) is 19.2 Å². The second-order valence-electron chi connectivity index (χ2n) is 6.65. The second-order valence-corrected chi connectivity index (χ2v) is 6.65. The van der Waals surface area contributed by atoms with Crippen molar-refractivity contribution in [3.63, 3.8) is 0 Å². The van der Waals surface area contributed by atoms with Gasteiger partial charge in [0, 0.05) is 64.5 Å². The Bertz CT molecular complexity index is 651. The summed E-state index contributed by atoms with van der Waals surface area (Å²) in [5, 5.41) is 6.49. The number of fused-ring (bicyclic) bond motifs is 3. The lowest BCUT2D eigenvalue weighted by Crippen LogP contribution is -2.63. The average molecular weight is 383 g/mol. The smallest absolute Gasteiger partial charge is 0.387 e. The Kier molecular flexibility index (Phi) is 6.68. The van der Waals surface area contributed by atoms with E-state index in [0.29, 0.717) is 29.9 Å². The molecule has 1 aromatic carbocycles. The standard InChI is InChI=1S/C18H27F2N5O2/c1-21-18(23-11-14-12-24-5-7-25(14)8-6-24)22-10-13-9-15(26-2)3-4-16(13)27-17(19)20/h3-4,9,14,17H,5-8,10-12H2,1-2H3,(H2,21,22,23). The van der Waals surface area contributed by atoms with E-state index in [1.54, 1.807) is 19.2 Å². The summed E-state index contributed by atoms with van der Waals surface area (Å²) in [5.41, 5.74) is 0.573. The molecule has 1 aromatic rings. The fourth-order valence-electron chi connectivity index (χ4n) is 3.56. The van der Waals surface area contributed by atoms with E-state index < -0.39 is 6.61 Å². The number of guanidine groups is 1. The lowest BCUT2D eigenvalue weighted by molar-refractivity contribution is -0.0504. The summed E-state index contributed by atoms with van der Waals surface area (Å²) >= 11 is 0. The quantitative estimate of drug-likeness (QED) is 0.540. The highest BCUT2D eigenvalue weighted by Crippen LogP contribution is 2.25. The van der Waals surface area contributed by atoms with Gasteiger partial charge in [0.25, 0.3) is 0 Å². The molecule has 150 valence electrons. The molecule has 3 fully saturated rings. The van der Waals surface area contributed by atoms with E-state index in [-0.39, 0.29) is 5.75 Å². The van der Waals surface area contributed by atoms with Crippen molar-refractivity contribution >= 4 is 5.96 Å². The van der Waals surface area contributed by atoms with Crippen LogP contribution in [-0.4, -0.2) is 81.8 Å². The van der Waals surface area contributed by atoms with Gasteiger partial charge in [-0.15, -0.1) is 0 Å². The van der Waals surface area contributed by atoms with E-state index in [0.717, 1.165) is 39.3 Å². The lowest BCUT2D eigenvalue weighted by atomic mass is 10.1. The summed E-state index contributed by atoms with van der Waals surface area (Å²) in [4.78, 5) is 9.20. The highest BCUT2D eigenvalue weighted by atomic mass is 19.3. The predicted octanol–water partition coefficient (Wildman–Crippen LogP) is 0.961. The monoisotopic (exact) mass is 383 g/mol. The molecule has 2 N–H and O–H groups in total. The van der Waals surface area contributed by atoms with Crippen LogP contribution in [0.5, 0.6) is 11.5 Å². The van der Waals surface area contributed by atoms with Crippen molar-refractivity contribution in [3.8, 4) is 11.5 Å². The van der Waals surface area contributed by atoms with Crippen LogP contribution in [0.1, 0.15) is 5.56 Å². The highest BCUT2D eigenvalue weighted by molar-refractivity contribution is 5.79. The minimum Gasteiger partial charge on any atom is -0.497 e. The maximum atomic E-state index is 12.6. The number of ether oxygens (including phenoxy) is 2. The zero-order chi connectivity index (χ0) is 19.2. The average Bonchev–Trinajstić information content (AvgIpc) is 2.69. The number of rotatable bonds is 7. The van der Waals surface area contributed by atoms with Gasteiger partial charge in [-0.3, -0.25) is 14.8 Å². The van der Waals surface area contributed by atoms with Gasteiger partial charge in [-0.25, -0.2) is 0 Å². The van der Waals surface area contributed by atoms with Crippen molar-refractivity contribution in [3.05, 3.63) is 23.8 Å². The van der Waals surface area contributed by atoms with Crippen LogP contribution in [0.2, 0.25) is 0 Å². The molecule has 9 heteroatoms. The van der Waals surface area contributed by atoms with Crippen molar-refractivity contribution in [1.82, 2.24) is 20.4 Å². The fraction of sp³-hybridized carbons (Fsp3) is 0.611. The first-order valence-corrected chi connectivity index (χ1v) is 9.11. The molecule has 0 aromatic heterocycles. The maximum absolute atomic E-state index is 12.6. The van der Waals surface area contributed by atoms with E-state index in [9.17, 15) is 8.78 Å². The van der Waals surface area contributed by atoms with Gasteiger partial charge >= 0.3 is 6.61 Å². The van der Waals surface area contributed by atoms with Crippen LogP contribution in [0.15, 0.2) is 23.2 Å². The van der Waals surface area contributed by atoms with E-state index in [4.69, 9.17) is 4.74 Å². The number of nitrogens with zero attached hydrogens (tertiary/aromatic N) is 3. The summed E-state index contributed by atoms with van der Waals surface area (Å²) in [7, 11) is 3.22. The Hall–Kier alpha value is -2.13. The Morgan fingerprint density at radius 2 is 2.04 bits per heavy atom. The molecular formula is C18H27F2N5O2. The molecule has 0 spiro atoms. The molecule has 1 unspecified atom stereocenters. The van der Waals surface area contributed by atoms with E-state index in [1.807, 2.05) is 0 Å². The third-order valence-corrected chi connectivity index (χ3v) is 5.05. The zero-order valence-electron chi connectivity index (χ0n) is 15.8. The van der Waals surface area contributed by atoms with Gasteiger partial charge in [-0.2, -0.15) is 8.78 Å². The summed E-state index contributed by atoms with van der Waals surface area (Å²) in [5.74, 6) is 1.33. The first-order valence-electron chi connectivity index (χ1n) is 9.11. The molecule has 2 bridgehead atoms. The lowest BCUT2D eigenvalue weighted by Gasteiger charge is -2.47. The van der Waals surface area contributed by atoms with Crippen LogP contribution in [0.3, 0.4) is 0 Å². The molecule has 27 heavy (non-hydrogen) atoms. The Morgan fingerprint density at radius 3 is 2.63 bits per heavy atom. The topological polar surface area (TPSA) is 61.4 Å². The molecule has 3 aliphatic rings. The number of benzene rings is 1. The van der Waals surface area contributed by atoms with Crippen molar-refractivity contribution in [1.29, 1.82) is 0 Å². The van der Waals surface area contributed by atoms with Crippen LogP contribution < -0.4 is 20.1 Å². The SMILES string of the molecule is CN=C(NCc1cc(OC)ccc1OC(F)F)NCC1CN2CCN1CC2. The van der Waals surface area contributed by atoms with E-state index in [1.165, 1.54) is 13.2 Å². The summed E-state index contributed by atoms with van der Waals surface area (Å²) < 4.78 is 35.0. The zero-order valence-corrected chi connectivity index (χ0v) is 15.8. The number of halogens is 2. The first-order chi connectivity index (χ1) is 13.1. The summed E-state index contributed by atoms with van der Waals surface area (Å²) in [6.07, 6.45) is 0. The minimum atomic E-state index is -2.87. The number of methoxy groups -OCH3 is 1. The number of nitrogens with one attached hydrogen (secondary N) is 2. The largest absolute Gasteiger partial charge is 0.497 e. The van der Waals surface area contributed by atoms with Gasteiger partial charge in [0.2, 0.25) is 0 Å². The summed E-state index contributed by atoms with van der Waals surface area (Å²) in [6, 6.07) is 5.21. The van der Waals surface area contributed by atoms with E-state index in [2.05, 4.69) is 30.2 Å². The number of aliphatic imine (C=N–C) groups is 1. The van der Waals surface area contributed by atoms with Gasteiger partial charge in [-0.05, 0) is 18.2 Å². The molecule has 1 atom stereocenters. The first kappa shape index (κ1) is 19.6. The van der Waals surface area contributed by atoms with Crippen LogP contribution in [0, 0.1) is 0 Å². The van der Waals surface area contributed by atoms with Gasteiger partial charge in [0.1, 0.15) is 11.5 Å². The molecule has 4 rings (SSSR count). The summed E-state index contributed by atoms with van der Waals surface area (Å²) in [6.45, 7) is 3.77. The molecule has 3 saturated heterocycles. The van der Waals surface area contributed by atoms with Gasteiger partial charge in [0.05, 0.1) is 7.11 Å². The number of piperazine rings is 3. The maximum Gasteiger partial charge on any atom is 0.387 e. The molecule has 0 radical (unpaired) electrons. The number of hydrogen-bond donors (Lipinski definition) is 2. The fourth-order valence-corrected chi connectivity index (χ4v) is 3.56. The Balaban J connectivity index is 1.56. The molecule has 7 nitrogen and oxygen atoms in total. The third-order valence-electron chi connectivity index (χ3n) is 5.05. The Labute approximate surface area is 158 Å². The second kappa shape index (κ2) is 9.18. The predicted molar refractivity (Wildman–Crippen MR) is 99.6 cm³/mol. The number of hydrogen-bond acceptors (Lipinski definition) is 5. The normalized spacial score (nSPS) is 24.8. The molecule has 3 heterocycles. The van der Waals surface area contributed by atoms with Crippen LogP contribution in [0.25, 0.3) is 0 Å². The van der Waals surface area contributed by atoms with Gasteiger partial charge in [-0.1, -0.05) is 0 Å². The Morgan fingerprint density at radius 1 is 1.26 bits per heavy atom. The molecule has 0 aliphatic carbocycles. The van der Waals surface area contributed by atoms with Crippen LogP contribution >= 0.6 is 0 Å². The molecule has 0 amide bonds. The van der Waals surface area contributed by atoms with Gasteiger partial charge in [0.15, 0.2) is 5.96 Å². The van der Waals surface area contributed by atoms with Crippen LogP contribution in [0.4, 0.5) is 8.78 Å². The van der Waals surface area contributed by atoms with Crippen molar-refractivity contribution in [2.24, 2.45) is 4.99 Å². The number of alkyl halides is 2.